The Hall–Kier alpha value is -2.09. The van der Waals surface area contributed by atoms with Gasteiger partial charge in [-0.05, 0) is 48.6 Å². The van der Waals surface area contributed by atoms with Gasteiger partial charge in [-0.1, -0.05) is 30.3 Å². The molecule has 0 fully saturated rings. The first-order valence-corrected chi connectivity index (χ1v) is 6.72. The van der Waals surface area contributed by atoms with Crippen molar-refractivity contribution in [3.63, 3.8) is 0 Å². The predicted octanol–water partition coefficient (Wildman–Crippen LogP) is 3.91. The van der Waals surface area contributed by atoms with E-state index in [2.05, 4.69) is 23.5 Å². The van der Waals surface area contributed by atoms with Gasteiger partial charge in [0.25, 0.3) is 0 Å². The van der Waals surface area contributed by atoms with Crippen LogP contribution in [0.4, 0.5) is 5.69 Å². The van der Waals surface area contributed by atoms with Crippen LogP contribution < -0.4 is 5.32 Å². The van der Waals surface area contributed by atoms with E-state index >= 15 is 0 Å². The van der Waals surface area contributed by atoms with Crippen LogP contribution >= 0.6 is 0 Å². The SMILES string of the molecule is CC(=O)c1ccc(-c2ccc3c(c2)CCCN3)cc1. The lowest BCUT2D eigenvalue weighted by Gasteiger charge is -2.18. The molecule has 2 heteroatoms. The second-order valence-corrected chi connectivity index (χ2v) is 5.04. The van der Waals surface area contributed by atoms with Crippen LogP contribution in [0, 0.1) is 0 Å². The fraction of sp³-hybridized carbons (Fsp3) is 0.235. The zero-order chi connectivity index (χ0) is 13.2. The number of hydrogen-bond acceptors (Lipinski definition) is 2. The van der Waals surface area contributed by atoms with Gasteiger partial charge in [0.1, 0.15) is 0 Å². The number of benzene rings is 2. The molecule has 0 spiro atoms. The monoisotopic (exact) mass is 251 g/mol. The Morgan fingerprint density at radius 2 is 1.79 bits per heavy atom. The third-order valence-electron chi connectivity index (χ3n) is 3.67. The molecule has 0 saturated carbocycles. The van der Waals surface area contributed by atoms with Crippen molar-refractivity contribution in [2.45, 2.75) is 19.8 Å². The molecule has 0 unspecified atom stereocenters. The molecule has 1 heterocycles. The normalized spacial score (nSPS) is 13.5. The molecule has 0 bridgehead atoms. The van der Waals surface area contributed by atoms with Crippen LogP contribution in [0.5, 0.6) is 0 Å². The molecule has 0 aliphatic carbocycles. The van der Waals surface area contributed by atoms with Gasteiger partial charge >= 0.3 is 0 Å². The van der Waals surface area contributed by atoms with Crippen LogP contribution in [0.25, 0.3) is 11.1 Å². The van der Waals surface area contributed by atoms with E-state index in [4.69, 9.17) is 0 Å². The smallest absolute Gasteiger partial charge is 0.159 e. The molecule has 0 atom stereocenters. The van der Waals surface area contributed by atoms with E-state index in [0.29, 0.717) is 0 Å². The number of fused-ring (bicyclic) bond motifs is 1. The van der Waals surface area contributed by atoms with E-state index in [0.717, 1.165) is 18.5 Å². The summed E-state index contributed by atoms with van der Waals surface area (Å²) in [4.78, 5) is 11.3. The first-order chi connectivity index (χ1) is 9.24. The summed E-state index contributed by atoms with van der Waals surface area (Å²) in [6.45, 7) is 2.67. The Kier molecular flexibility index (Phi) is 3.08. The highest BCUT2D eigenvalue weighted by Crippen LogP contribution is 2.28. The lowest BCUT2D eigenvalue weighted by molar-refractivity contribution is 0.101. The minimum atomic E-state index is 0.112. The van der Waals surface area contributed by atoms with Crippen LogP contribution in [0.3, 0.4) is 0 Å². The van der Waals surface area contributed by atoms with Gasteiger partial charge < -0.3 is 5.32 Å². The number of Topliss-reactive ketones (excluding diaryl/α,β-unsaturated/α-hetero) is 1. The van der Waals surface area contributed by atoms with Crippen molar-refractivity contribution >= 4 is 11.5 Å². The van der Waals surface area contributed by atoms with Crippen molar-refractivity contribution in [2.24, 2.45) is 0 Å². The van der Waals surface area contributed by atoms with Crippen molar-refractivity contribution in [1.82, 2.24) is 0 Å². The van der Waals surface area contributed by atoms with E-state index in [1.54, 1.807) is 6.92 Å². The van der Waals surface area contributed by atoms with Gasteiger partial charge in [-0.3, -0.25) is 4.79 Å². The van der Waals surface area contributed by atoms with Crippen molar-refractivity contribution in [3.05, 3.63) is 53.6 Å². The molecule has 1 aliphatic heterocycles. The van der Waals surface area contributed by atoms with Crippen LogP contribution in [0.15, 0.2) is 42.5 Å². The lowest BCUT2D eigenvalue weighted by Crippen LogP contribution is -2.11. The molecule has 0 radical (unpaired) electrons. The van der Waals surface area contributed by atoms with Crippen molar-refractivity contribution < 1.29 is 4.79 Å². The molecule has 1 N–H and O–H groups in total. The fourth-order valence-electron chi connectivity index (χ4n) is 2.55. The molecule has 0 saturated heterocycles. The summed E-state index contributed by atoms with van der Waals surface area (Å²) in [6, 6.07) is 14.4. The fourth-order valence-corrected chi connectivity index (χ4v) is 2.55. The highest BCUT2D eigenvalue weighted by molar-refractivity contribution is 5.94. The number of carbonyl (C=O) groups excluding carboxylic acids is 1. The predicted molar refractivity (Wildman–Crippen MR) is 78.7 cm³/mol. The summed E-state index contributed by atoms with van der Waals surface area (Å²) in [5.41, 5.74) is 5.80. The molecule has 2 aromatic rings. The highest BCUT2D eigenvalue weighted by Gasteiger charge is 2.09. The summed E-state index contributed by atoms with van der Waals surface area (Å²) in [7, 11) is 0. The lowest BCUT2D eigenvalue weighted by atomic mass is 9.96. The molecule has 3 rings (SSSR count). The van der Waals surface area contributed by atoms with Gasteiger partial charge in [0, 0.05) is 17.8 Å². The molecule has 96 valence electrons. The minimum absolute atomic E-state index is 0.112. The molecule has 0 amide bonds. The summed E-state index contributed by atoms with van der Waals surface area (Å²) in [6.07, 6.45) is 2.33. The first-order valence-electron chi connectivity index (χ1n) is 6.72. The second-order valence-electron chi connectivity index (χ2n) is 5.04. The van der Waals surface area contributed by atoms with Crippen LogP contribution in [0.2, 0.25) is 0 Å². The number of aryl methyl sites for hydroxylation is 1. The van der Waals surface area contributed by atoms with Gasteiger partial charge in [-0.15, -0.1) is 0 Å². The summed E-state index contributed by atoms with van der Waals surface area (Å²) < 4.78 is 0. The maximum Gasteiger partial charge on any atom is 0.159 e. The third kappa shape index (κ3) is 2.39. The number of carbonyl (C=O) groups is 1. The van der Waals surface area contributed by atoms with Crippen molar-refractivity contribution in [1.29, 1.82) is 0 Å². The molecule has 1 aliphatic rings. The number of nitrogens with one attached hydrogen (secondary N) is 1. The van der Waals surface area contributed by atoms with Crippen molar-refractivity contribution in [3.8, 4) is 11.1 Å². The standard InChI is InChI=1S/C17H17NO/c1-12(19)13-4-6-14(7-5-13)15-8-9-17-16(11-15)3-2-10-18-17/h4-9,11,18H,2-3,10H2,1H3. The van der Waals surface area contributed by atoms with Gasteiger partial charge in [0.15, 0.2) is 5.78 Å². The Bertz CT molecular complexity index is 614. The van der Waals surface area contributed by atoms with Gasteiger partial charge in [0.05, 0.1) is 0 Å². The number of rotatable bonds is 2. The number of anilines is 1. The quantitative estimate of drug-likeness (QED) is 0.820. The largest absolute Gasteiger partial charge is 0.385 e. The van der Waals surface area contributed by atoms with E-state index in [1.165, 1.54) is 28.8 Å². The molecule has 19 heavy (non-hydrogen) atoms. The molecular formula is C17H17NO. The molecular weight excluding hydrogens is 234 g/mol. The number of hydrogen-bond donors (Lipinski definition) is 1. The zero-order valence-electron chi connectivity index (χ0n) is 11.1. The topological polar surface area (TPSA) is 29.1 Å². The van der Waals surface area contributed by atoms with E-state index in [9.17, 15) is 4.79 Å². The molecule has 0 aromatic heterocycles. The summed E-state index contributed by atoms with van der Waals surface area (Å²) in [5, 5.41) is 3.42. The van der Waals surface area contributed by atoms with Crippen LogP contribution in [-0.4, -0.2) is 12.3 Å². The van der Waals surface area contributed by atoms with E-state index in [1.807, 2.05) is 24.3 Å². The summed E-state index contributed by atoms with van der Waals surface area (Å²) >= 11 is 0. The van der Waals surface area contributed by atoms with Crippen molar-refractivity contribution in [2.75, 3.05) is 11.9 Å². The Labute approximate surface area is 113 Å². The third-order valence-corrected chi connectivity index (χ3v) is 3.67. The molecule has 2 aromatic carbocycles. The highest BCUT2D eigenvalue weighted by atomic mass is 16.1. The Balaban J connectivity index is 1.95. The summed E-state index contributed by atoms with van der Waals surface area (Å²) in [5.74, 6) is 0.112. The van der Waals surface area contributed by atoms with Gasteiger partial charge in [-0.25, -0.2) is 0 Å². The average molecular weight is 251 g/mol. The van der Waals surface area contributed by atoms with E-state index < -0.39 is 0 Å². The first kappa shape index (κ1) is 12.0. The maximum absolute atomic E-state index is 11.3. The van der Waals surface area contributed by atoms with E-state index in [-0.39, 0.29) is 5.78 Å². The zero-order valence-corrected chi connectivity index (χ0v) is 11.1. The van der Waals surface area contributed by atoms with Crippen LogP contribution in [0.1, 0.15) is 29.3 Å². The molecule has 2 nitrogen and oxygen atoms in total. The van der Waals surface area contributed by atoms with Gasteiger partial charge in [0.2, 0.25) is 0 Å². The van der Waals surface area contributed by atoms with Gasteiger partial charge in [-0.2, -0.15) is 0 Å². The Morgan fingerprint density at radius 3 is 2.53 bits per heavy atom. The average Bonchev–Trinajstić information content (AvgIpc) is 2.47. The second kappa shape index (κ2) is 4.88. The maximum atomic E-state index is 11.3. The minimum Gasteiger partial charge on any atom is -0.385 e. The Morgan fingerprint density at radius 1 is 1.05 bits per heavy atom. The van der Waals surface area contributed by atoms with Crippen LogP contribution in [-0.2, 0) is 6.42 Å². The number of ketones is 1.